The maximum Gasteiger partial charge on any atom is 0.107 e. The van der Waals surface area contributed by atoms with Gasteiger partial charge in [-0.2, -0.15) is 0 Å². The van der Waals surface area contributed by atoms with Gasteiger partial charge in [0.05, 0.1) is 5.22 Å². The van der Waals surface area contributed by atoms with Crippen molar-refractivity contribution in [1.82, 2.24) is 0 Å². The van der Waals surface area contributed by atoms with Crippen LogP contribution >= 0.6 is 0 Å². The molecule has 5 rings (SSSR count). The van der Waals surface area contributed by atoms with Gasteiger partial charge in [-0.1, -0.05) is 106 Å². The van der Waals surface area contributed by atoms with E-state index < -0.39 is 13.3 Å². The van der Waals surface area contributed by atoms with Crippen molar-refractivity contribution < 1.29 is 5.11 Å². The largest absolute Gasteiger partial charge is 0.385 e. The Balaban J connectivity index is 1.66. The van der Waals surface area contributed by atoms with Gasteiger partial charge in [0, 0.05) is 5.54 Å². The monoisotopic (exact) mass is 410 g/mol. The molecule has 30 heavy (non-hydrogen) atoms. The molecule has 0 spiro atoms. The van der Waals surface area contributed by atoms with Gasteiger partial charge in [-0.15, -0.1) is 0 Å². The Morgan fingerprint density at radius 1 is 1.00 bits per heavy atom. The van der Waals surface area contributed by atoms with Crippen molar-refractivity contribution in [1.29, 1.82) is 0 Å². The van der Waals surface area contributed by atoms with Crippen molar-refractivity contribution in [2.75, 3.05) is 0 Å². The number of hydrogen-bond acceptors (Lipinski definition) is 1. The fourth-order valence-corrected chi connectivity index (χ4v) is 9.06. The Labute approximate surface area is 180 Å². The number of aliphatic hydroxyl groups is 1. The average molecular weight is 411 g/mol. The average Bonchev–Trinajstić information content (AvgIpc) is 3.33. The summed E-state index contributed by atoms with van der Waals surface area (Å²) in [7, 11) is -2.26. The van der Waals surface area contributed by atoms with E-state index in [1.54, 1.807) is 0 Å². The number of allylic oxidation sites excluding steroid dienone is 2. The Kier molecular flexibility index (Phi) is 4.43. The van der Waals surface area contributed by atoms with Crippen LogP contribution in [0.5, 0.6) is 0 Å². The van der Waals surface area contributed by atoms with Gasteiger partial charge in [0.25, 0.3) is 0 Å². The third-order valence-corrected chi connectivity index (χ3v) is 12.2. The second-order valence-electron chi connectivity index (χ2n) is 9.57. The van der Waals surface area contributed by atoms with Gasteiger partial charge in [-0.3, -0.25) is 0 Å². The van der Waals surface area contributed by atoms with Crippen molar-refractivity contribution in [3.8, 4) is 0 Å². The first-order valence-corrected chi connectivity index (χ1v) is 14.2. The highest BCUT2D eigenvalue weighted by atomic mass is 28.3. The molecule has 0 aromatic heterocycles. The zero-order chi connectivity index (χ0) is 21.1. The van der Waals surface area contributed by atoms with Gasteiger partial charge in [0.15, 0.2) is 0 Å². The normalized spacial score (nSPS) is 23.4. The summed E-state index contributed by atoms with van der Waals surface area (Å²) in [6.07, 6.45) is 7.88. The van der Waals surface area contributed by atoms with Crippen molar-refractivity contribution in [3.63, 3.8) is 0 Å². The van der Waals surface area contributed by atoms with Crippen LogP contribution < -0.4 is 0 Å². The first-order chi connectivity index (χ1) is 14.4. The zero-order valence-corrected chi connectivity index (χ0v) is 19.3. The van der Waals surface area contributed by atoms with E-state index in [0.717, 1.165) is 12.0 Å². The van der Waals surface area contributed by atoms with E-state index in [-0.39, 0.29) is 0 Å². The smallest absolute Gasteiger partial charge is 0.107 e. The van der Waals surface area contributed by atoms with E-state index in [1.165, 1.54) is 33.0 Å². The van der Waals surface area contributed by atoms with E-state index >= 15 is 0 Å². The first-order valence-electron chi connectivity index (χ1n) is 11.1. The van der Waals surface area contributed by atoms with E-state index in [1.807, 2.05) is 0 Å². The minimum Gasteiger partial charge on any atom is -0.385 e. The molecule has 0 fully saturated rings. The molecule has 2 aliphatic carbocycles. The number of hydrogen-bond donors (Lipinski definition) is 1. The molecule has 0 amide bonds. The summed E-state index contributed by atoms with van der Waals surface area (Å²) in [5, 5.41) is 13.8. The quantitative estimate of drug-likeness (QED) is 0.456. The lowest BCUT2D eigenvalue weighted by Gasteiger charge is -2.42. The fraction of sp³-hybridized carbons (Fsp3) is 0.286. The highest BCUT2D eigenvalue weighted by molar-refractivity contribution is 6.82. The van der Waals surface area contributed by atoms with Crippen LogP contribution in [0.2, 0.25) is 13.1 Å². The minimum atomic E-state index is -2.26. The second-order valence-corrected chi connectivity index (χ2v) is 14.4. The summed E-state index contributed by atoms with van der Waals surface area (Å²) in [5.41, 5.74) is 6.82. The highest BCUT2D eigenvalue weighted by Crippen LogP contribution is 2.52. The van der Waals surface area contributed by atoms with Crippen LogP contribution in [0.4, 0.5) is 0 Å². The van der Waals surface area contributed by atoms with Gasteiger partial charge in [-0.05, 0) is 50.9 Å². The van der Waals surface area contributed by atoms with Crippen molar-refractivity contribution in [3.05, 3.63) is 95.1 Å². The van der Waals surface area contributed by atoms with Gasteiger partial charge in [0.2, 0.25) is 0 Å². The molecule has 0 radical (unpaired) electrons. The summed E-state index contributed by atoms with van der Waals surface area (Å²) < 4.78 is 0. The van der Waals surface area contributed by atoms with Crippen LogP contribution in [0.25, 0.3) is 22.4 Å². The molecule has 3 aromatic carbocycles. The number of benzene rings is 3. The Morgan fingerprint density at radius 3 is 2.53 bits per heavy atom. The van der Waals surface area contributed by atoms with Crippen LogP contribution in [0.15, 0.2) is 72.8 Å². The predicted octanol–water partition coefficient (Wildman–Crippen LogP) is 7.07. The lowest BCUT2D eigenvalue weighted by Crippen LogP contribution is -2.53. The molecule has 3 unspecified atom stereocenters. The Bertz CT molecular complexity index is 1200. The van der Waals surface area contributed by atoms with Crippen LogP contribution in [0.1, 0.15) is 48.1 Å². The summed E-state index contributed by atoms with van der Waals surface area (Å²) in [5.74, 6) is 0.533. The third-order valence-electron chi connectivity index (χ3n) is 7.73. The molecule has 0 heterocycles. The highest BCUT2D eigenvalue weighted by Gasteiger charge is 2.53. The van der Waals surface area contributed by atoms with E-state index in [0.29, 0.717) is 11.5 Å². The van der Waals surface area contributed by atoms with Crippen molar-refractivity contribution in [2.24, 2.45) is 5.92 Å². The lowest BCUT2D eigenvalue weighted by molar-refractivity contribution is 0.168. The lowest BCUT2D eigenvalue weighted by atomic mass is 9.93. The molecule has 0 saturated carbocycles. The Hall–Kier alpha value is -2.42. The Morgan fingerprint density at radius 2 is 1.73 bits per heavy atom. The van der Waals surface area contributed by atoms with Crippen molar-refractivity contribution in [2.45, 2.75) is 44.1 Å². The molecule has 3 atom stereocenters. The maximum absolute atomic E-state index is 12.2. The molecule has 2 aliphatic rings. The van der Waals surface area contributed by atoms with Gasteiger partial charge < -0.3 is 5.11 Å². The summed E-state index contributed by atoms with van der Waals surface area (Å²) in [6, 6.07) is 21.7. The molecule has 152 valence electrons. The SMILES string of the molecule is CCC(C)C1=CC([Si](C)(C)C2(O)C=Cc3c2ccc2ccccc32)c2ccccc21. The standard InChI is InChI=1S/C28H30OSi/c1-5-19(2)25-18-27(24-13-9-8-12-22(24)25)30(3,4)28(29)17-16-23-21-11-7-6-10-20(21)14-15-26(23)28/h6-19,27,29H,5H2,1-4H3. The van der Waals surface area contributed by atoms with Crippen molar-refractivity contribution >= 4 is 30.5 Å². The summed E-state index contributed by atoms with van der Waals surface area (Å²) in [6.45, 7) is 9.31. The maximum atomic E-state index is 12.2. The second kappa shape index (κ2) is 6.80. The molecular weight excluding hydrogens is 380 g/mol. The molecule has 0 saturated heterocycles. The predicted molar refractivity (Wildman–Crippen MR) is 131 cm³/mol. The summed E-state index contributed by atoms with van der Waals surface area (Å²) in [4.78, 5) is 0. The van der Waals surface area contributed by atoms with E-state index in [4.69, 9.17) is 0 Å². The molecular formula is C28H30OSi. The minimum absolute atomic E-state index is 0.296. The fourth-order valence-electron chi connectivity index (χ4n) is 5.54. The third kappa shape index (κ3) is 2.57. The van der Waals surface area contributed by atoms with Crippen LogP contribution in [-0.2, 0) is 5.22 Å². The van der Waals surface area contributed by atoms with Gasteiger partial charge in [0.1, 0.15) is 8.07 Å². The van der Waals surface area contributed by atoms with Gasteiger partial charge >= 0.3 is 0 Å². The number of fused-ring (bicyclic) bond motifs is 4. The summed E-state index contributed by atoms with van der Waals surface area (Å²) >= 11 is 0. The van der Waals surface area contributed by atoms with Crippen LogP contribution in [-0.4, -0.2) is 13.2 Å². The molecule has 3 aromatic rings. The first kappa shape index (κ1) is 19.5. The topological polar surface area (TPSA) is 20.2 Å². The molecule has 2 heteroatoms. The molecule has 1 nitrogen and oxygen atoms in total. The van der Waals surface area contributed by atoms with Gasteiger partial charge in [-0.25, -0.2) is 0 Å². The van der Waals surface area contributed by atoms with E-state index in [2.05, 4.69) is 106 Å². The van der Waals surface area contributed by atoms with Crippen LogP contribution in [0.3, 0.4) is 0 Å². The number of rotatable bonds is 4. The molecule has 0 aliphatic heterocycles. The zero-order valence-electron chi connectivity index (χ0n) is 18.3. The molecule has 1 N–H and O–H groups in total. The van der Waals surface area contributed by atoms with E-state index in [9.17, 15) is 5.11 Å². The van der Waals surface area contributed by atoms with Crippen LogP contribution in [0, 0.1) is 5.92 Å². The molecule has 0 bridgehead atoms.